The maximum atomic E-state index is 13.1. The van der Waals surface area contributed by atoms with Crippen LogP contribution in [0.2, 0.25) is 0 Å². The van der Waals surface area contributed by atoms with Gasteiger partial charge in [-0.2, -0.15) is 5.10 Å². The molecule has 1 amide bonds. The van der Waals surface area contributed by atoms with Crippen LogP contribution in [0.15, 0.2) is 41.7 Å². The largest absolute Gasteiger partial charge is 0.325 e. The number of rotatable bonds is 2. The Morgan fingerprint density at radius 3 is 2.82 bits per heavy atom. The molecular weight excluding hydrogens is 426 g/mol. The highest BCUT2D eigenvalue weighted by Crippen LogP contribution is 2.29. The molecule has 5 heterocycles. The first-order valence-corrected chi connectivity index (χ1v) is 9.41. The van der Waals surface area contributed by atoms with E-state index in [2.05, 4.69) is 46.2 Å². The molecule has 4 aromatic heterocycles. The van der Waals surface area contributed by atoms with Crippen molar-refractivity contribution in [2.45, 2.75) is 19.5 Å². The van der Waals surface area contributed by atoms with Gasteiger partial charge in [-0.15, -0.1) is 10.2 Å². The third-order valence-electron chi connectivity index (χ3n) is 4.77. The predicted molar refractivity (Wildman–Crippen MR) is 101 cm³/mol. The van der Waals surface area contributed by atoms with Crippen molar-refractivity contribution in [2.24, 2.45) is 0 Å². The van der Waals surface area contributed by atoms with Gasteiger partial charge in [0.25, 0.3) is 5.91 Å². The Balaban J connectivity index is 1.46. The van der Waals surface area contributed by atoms with E-state index in [-0.39, 0.29) is 11.9 Å². The summed E-state index contributed by atoms with van der Waals surface area (Å²) < 4.78 is 4.39. The zero-order valence-corrected chi connectivity index (χ0v) is 16.4. The second-order valence-electron chi connectivity index (χ2n) is 6.44. The molecule has 10 nitrogen and oxygen atoms in total. The summed E-state index contributed by atoms with van der Waals surface area (Å²) in [6.45, 7) is 3.05. The van der Waals surface area contributed by atoms with Crippen molar-refractivity contribution in [2.75, 3.05) is 6.54 Å². The number of carbonyl (C=O) groups excluding carboxylic acids is 1. The van der Waals surface area contributed by atoms with Crippen molar-refractivity contribution in [3.05, 3.63) is 53.2 Å². The molecule has 0 aromatic carbocycles. The zero-order chi connectivity index (χ0) is 19.3. The standard InChI is InChI=1S/C17H14BrN9O/c1-10-15-22-23-16(11-5-19-9-20-6-11)26(15)3-2-25(10)17(28)13-4-14-21-7-12(18)8-27(14)24-13/h4-10H,2-3H2,1H3. The molecule has 0 aliphatic carbocycles. The Morgan fingerprint density at radius 2 is 2.00 bits per heavy atom. The van der Waals surface area contributed by atoms with Crippen molar-refractivity contribution >= 4 is 27.5 Å². The summed E-state index contributed by atoms with van der Waals surface area (Å²) in [5.41, 5.74) is 1.76. The van der Waals surface area contributed by atoms with Crippen LogP contribution in [0, 0.1) is 0 Å². The number of hydrogen-bond acceptors (Lipinski definition) is 7. The van der Waals surface area contributed by atoms with Crippen LogP contribution in [-0.4, -0.2) is 56.7 Å². The van der Waals surface area contributed by atoms with E-state index < -0.39 is 0 Å². The molecule has 4 aromatic rings. The first kappa shape index (κ1) is 16.9. The molecule has 11 heteroatoms. The van der Waals surface area contributed by atoms with E-state index in [0.717, 1.165) is 15.9 Å². The Bertz CT molecular complexity index is 1190. The van der Waals surface area contributed by atoms with Crippen LogP contribution < -0.4 is 0 Å². The lowest BCUT2D eigenvalue weighted by Gasteiger charge is -2.33. The average molecular weight is 440 g/mol. The van der Waals surface area contributed by atoms with E-state index in [1.807, 2.05) is 11.5 Å². The smallest absolute Gasteiger partial charge is 0.275 e. The molecule has 0 fully saturated rings. The van der Waals surface area contributed by atoms with Crippen LogP contribution in [0.3, 0.4) is 0 Å². The highest BCUT2D eigenvalue weighted by molar-refractivity contribution is 9.10. The van der Waals surface area contributed by atoms with E-state index in [9.17, 15) is 4.79 Å². The lowest BCUT2D eigenvalue weighted by atomic mass is 10.2. The van der Waals surface area contributed by atoms with Gasteiger partial charge in [0.15, 0.2) is 23.0 Å². The molecule has 0 saturated carbocycles. The third-order valence-corrected chi connectivity index (χ3v) is 5.18. The van der Waals surface area contributed by atoms with Crippen LogP contribution in [-0.2, 0) is 6.54 Å². The van der Waals surface area contributed by atoms with Crippen molar-refractivity contribution < 1.29 is 4.79 Å². The fraction of sp³-hybridized carbons (Fsp3) is 0.235. The number of hydrogen-bond donors (Lipinski definition) is 0. The molecule has 0 bridgehead atoms. The van der Waals surface area contributed by atoms with Gasteiger partial charge in [0.2, 0.25) is 0 Å². The molecule has 140 valence electrons. The van der Waals surface area contributed by atoms with Gasteiger partial charge in [0.05, 0.1) is 16.1 Å². The second kappa shape index (κ2) is 6.44. The topological polar surface area (TPSA) is 107 Å². The second-order valence-corrected chi connectivity index (χ2v) is 7.36. The average Bonchev–Trinajstić information content (AvgIpc) is 3.32. The van der Waals surface area contributed by atoms with Crippen LogP contribution >= 0.6 is 15.9 Å². The lowest BCUT2D eigenvalue weighted by Crippen LogP contribution is -2.41. The number of carbonyl (C=O) groups is 1. The lowest BCUT2D eigenvalue weighted by molar-refractivity contribution is 0.0632. The molecule has 1 aliphatic heterocycles. The minimum atomic E-state index is -0.239. The molecule has 0 spiro atoms. The van der Waals surface area contributed by atoms with Gasteiger partial charge in [-0.25, -0.2) is 19.5 Å². The van der Waals surface area contributed by atoms with Gasteiger partial charge >= 0.3 is 0 Å². The summed E-state index contributed by atoms with van der Waals surface area (Å²) in [5.74, 6) is 1.27. The zero-order valence-electron chi connectivity index (χ0n) is 14.8. The van der Waals surface area contributed by atoms with Gasteiger partial charge in [-0.3, -0.25) is 4.79 Å². The quantitative estimate of drug-likeness (QED) is 0.468. The summed E-state index contributed by atoms with van der Waals surface area (Å²) >= 11 is 3.36. The summed E-state index contributed by atoms with van der Waals surface area (Å²) in [7, 11) is 0. The highest BCUT2D eigenvalue weighted by atomic mass is 79.9. The summed E-state index contributed by atoms with van der Waals surface area (Å²) in [4.78, 5) is 27.2. The molecule has 1 aliphatic rings. The first-order valence-electron chi connectivity index (χ1n) is 8.62. The van der Waals surface area contributed by atoms with E-state index in [4.69, 9.17) is 0 Å². The fourth-order valence-corrected chi connectivity index (χ4v) is 3.69. The van der Waals surface area contributed by atoms with Crippen LogP contribution in [0.4, 0.5) is 0 Å². The van der Waals surface area contributed by atoms with Crippen LogP contribution in [0.5, 0.6) is 0 Å². The SMILES string of the molecule is CC1c2nnc(-c3cncnc3)n2CCN1C(=O)c1cc2ncc(Br)cn2n1. The molecule has 1 unspecified atom stereocenters. The van der Waals surface area contributed by atoms with Gasteiger partial charge in [-0.1, -0.05) is 0 Å². The number of nitrogens with zero attached hydrogens (tertiary/aromatic N) is 9. The van der Waals surface area contributed by atoms with Gasteiger partial charge < -0.3 is 9.47 Å². The van der Waals surface area contributed by atoms with Crippen molar-refractivity contribution in [1.82, 2.24) is 44.2 Å². The van der Waals surface area contributed by atoms with Gasteiger partial charge in [0, 0.05) is 43.9 Å². The van der Waals surface area contributed by atoms with E-state index in [1.165, 1.54) is 6.33 Å². The molecule has 0 radical (unpaired) electrons. The van der Waals surface area contributed by atoms with Crippen LogP contribution in [0.1, 0.15) is 29.3 Å². The Labute approximate surface area is 167 Å². The van der Waals surface area contributed by atoms with Gasteiger partial charge in [-0.05, 0) is 22.9 Å². The van der Waals surface area contributed by atoms with E-state index in [0.29, 0.717) is 30.3 Å². The minimum absolute atomic E-state index is 0.159. The molecular formula is C17H14BrN9O. The van der Waals surface area contributed by atoms with Crippen molar-refractivity contribution in [1.29, 1.82) is 0 Å². The summed E-state index contributed by atoms with van der Waals surface area (Å²) in [6.07, 6.45) is 8.32. The third kappa shape index (κ3) is 2.66. The van der Waals surface area contributed by atoms with Crippen molar-refractivity contribution in [3.8, 4) is 11.4 Å². The first-order chi connectivity index (χ1) is 13.6. The molecule has 1 atom stereocenters. The molecule has 0 N–H and O–H groups in total. The Kier molecular flexibility index (Phi) is 3.90. The Morgan fingerprint density at radius 1 is 1.18 bits per heavy atom. The number of halogens is 1. The predicted octanol–water partition coefficient (Wildman–Crippen LogP) is 1.76. The molecule has 28 heavy (non-hydrogen) atoms. The number of aromatic nitrogens is 8. The maximum absolute atomic E-state index is 13.1. The number of fused-ring (bicyclic) bond motifs is 2. The molecule has 5 rings (SSSR count). The maximum Gasteiger partial charge on any atom is 0.275 e. The molecule has 0 saturated heterocycles. The summed E-state index contributed by atoms with van der Waals surface area (Å²) in [5, 5.41) is 13.0. The van der Waals surface area contributed by atoms with Crippen LogP contribution in [0.25, 0.3) is 17.0 Å². The Hall–Kier alpha value is -3.21. The van der Waals surface area contributed by atoms with Gasteiger partial charge in [0.1, 0.15) is 6.33 Å². The highest BCUT2D eigenvalue weighted by Gasteiger charge is 2.33. The minimum Gasteiger partial charge on any atom is -0.325 e. The van der Waals surface area contributed by atoms with E-state index in [1.54, 1.807) is 40.3 Å². The fourth-order valence-electron chi connectivity index (χ4n) is 3.40. The monoisotopic (exact) mass is 439 g/mol. The van der Waals surface area contributed by atoms with E-state index >= 15 is 0 Å². The normalized spacial score (nSPS) is 16.4. The summed E-state index contributed by atoms with van der Waals surface area (Å²) in [6, 6.07) is 1.45. The number of amides is 1. The van der Waals surface area contributed by atoms with Crippen molar-refractivity contribution in [3.63, 3.8) is 0 Å².